The smallest absolute Gasteiger partial charge is 0.247 e. The molecule has 1 amide bonds. The first kappa shape index (κ1) is 18.2. The molecule has 114 valence electrons. The van der Waals surface area contributed by atoms with Gasteiger partial charge in [0.25, 0.3) is 0 Å². The summed E-state index contributed by atoms with van der Waals surface area (Å²) in [7, 11) is 0. The highest BCUT2D eigenvalue weighted by Gasteiger charge is 2.27. The van der Waals surface area contributed by atoms with Gasteiger partial charge in [0, 0.05) is 13.1 Å². The number of hydrogen-bond acceptors (Lipinski definition) is 2. The van der Waals surface area contributed by atoms with Gasteiger partial charge in [0.1, 0.15) is 15.2 Å². The van der Waals surface area contributed by atoms with Gasteiger partial charge in [-0.2, -0.15) is 5.10 Å². The average Bonchev–Trinajstić information content (AvgIpc) is 2.67. The van der Waals surface area contributed by atoms with E-state index >= 15 is 0 Å². The molecule has 1 rings (SSSR count). The van der Waals surface area contributed by atoms with E-state index in [4.69, 9.17) is 0 Å². The number of rotatable bonds is 7. The summed E-state index contributed by atoms with van der Waals surface area (Å²) in [6.07, 6.45) is 2.65. The SMILES string of the molecule is CCCN(CCC)C(=O)[C@@H](CC)n1nc(Br)c(Br)c1Br. The Morgan fingerprint density at radius 3 is 2.10 bits per heavy atom. The normalized spacial score (nSPS) is 12.5. The third-order valence-electron chi connectivity index (χ3n) is 3.02. The molecule has 0 spiro atoms. The van der Waals surface area contributed by atoms with Crippen LogP contribution in [-0.2, 0) is 4.79 Å². The molecule has 0 bridgehead atoms. The fraction of sp³-hybridized carbons (Fsp3) is 0.692. The Balaban J connectivity index is 3.04. The van der Waals surface area contributed by atoms with Gasteiger partial charge in [-0.3, -0.25) is 4.79 Å². The van der Waals surface area contributed by atoms with Crippen LogP contribution in [0, 0.1) is 0 Å². The topological polar surface area (TPSA) is 38.1 Å². The number of carbonyl (C=O) groups excluding carboxylic acids is 1. The quantitative estimate of drug-likeness (QED) is 0.572. The number of amides is 1. The highest BCUT2D eigenvalue weighted by Crippen LogP contribution is 2.33. The summed E-state index contributed by atoms with van der Waals surface area (Å²) in [5.41, 5.74) is 0. The van der Waals surface area contributed by atoms with Gasteiger partial charge in [-0.15, -0.1) is 0 Å². The lowest BCUT2D eigenvalue weighted by Gasteiger charge is -2.26. The average molecular weight is 474 g/mol. The molecule has 1 heterocycles. The van der Waals surface area contributed by atoms with E-state index in [-0.39, 0.29) is 11.9 Å². The molecule has 4 nitrogen and oxygen atoms in total. The molecule has 0 N–H and O–H groups in total. The van der Waals surface area contributed by atoms with Crippen molar-refractivity contribution in [1.29, 1.82) is 0 Å². The zero-order valence-corrected chi connectivity index (χ0v) is 16.8. The molecule has 1 atom stereocenters. The molecule has 0 radical (unpaired) electrons. The van der Waals surface area contributed by atoms with Crippen molar-refractivity contribution in [3.63, 3.8) is 0 Å². The van der Waals surface area contributed by atoms with Crippen molar-refractivity contribution < 1.29 is 4.79 Å². The van der Waals surface area contributed by atoms with E-state index in [1.165, 1.54) is 0 Å². The van der Waals surface area contributed by atoms with Crippen molar-refractivity contribution in [2.75, 3.05) is 13.1 Å². The molecule has 0 unspecified atom stereocenters. The zero-order chi connectivity index (χ0) is 15.3. The van der Waals surface area contributed by atoms with Crippen LogP contribution in [0.5, 0.6) is 0 Å². The van der Waals surface area contributed by atoms with Gasteiger partial charge in [0.15, 0.2) is 0 Å². The fourth-order valence-corrected chi connectivity index (χ4v) is 3.51. The molecule has 20 heavy (non-hydrogen) atoms. The maximum Gasteiger partial charge on any atom is 0.247 e. The second-order valence-corrected chi connectivity index (χ2v) is 6.88. The van der Waals surface area contributed by atoms with Crippen LogP contribution in [0.1, 0.15) is 46.1 Å². The van der Waals surface area contributed by atoms with E-state index in [1.54, 1.807) is 4.68 Å². The second kappa shape index (κ2) is 8.54. The molecule has 0 saturated carbocycles. The van der Waals surface area contributed by atoms with Gasteiger partial charge in [0.05, 0.1) is 4.47 Å². The first-order valence-corrected chi connectivity index (χ1v) is 9.23. The van der Waals surface area contributed by atoms with Crippen LogP contribution in [0.3, 0.4) is 0 Å². The van der Waals surface area contributed by atoms with E-state index < -0.39 is 0 Å². The van der Waals surface area contributed by atoms with Gasteiger partial charge in [0.2, 0.25) is 5.91 Å². The Hall–Kier alpha value is 0.120. The summed E-state index contributed by atoms with van der Waals surface area (Å²) in [5.74, 6) is 0.138. The largest absolute Gasteiger partial charge is 0.341 e. The third-order valence-corrected chi connectivity index (χ3v) is 6.15. The van der Waals surface area contributed by atoms with Crippen molar-refractivity contribution in [3.8, 4) is 0 Å². The molecular weight excluding hydrogens is 454 g/mol. The zero-order valence-electron chi connectivity index (χ0n) is 12.0. The van der Waals surface area contributed by atoms with Crippen molar-refractivity contribution >= 4 is 53.7 Å². The van der Waals surface area contributed by atoms with Gasteiger partial charge >= 0.3 is 0 Å². The number of nitrogens with zero attached hydrogens (tertiary/aromatic N) is 3. The molecule has 0 saturated heterocycles. The Bertz CT molecular complexity index is 456. The maximum atomic E-state index is 12.7. The standard InChI is InChI=1S/C13H20Br3N3O/c1-4-7-18(8-5-2)13(20)9(6-3)19-12(16)10(14)11(15)17-19/h9H,4-8H2,1-3H3/t9-/m1/s1. The molecule has 1 aromatic heterocycles. The predicted molar refractivity (Wildman–Crippen MR) is 91.8 cm³/mol. The Morgan fingerprint density at radius 1 is 1.20 bits per heavy atom. The van der Waals surface area contributed by atoms with E-state index in [2.05, 4.69) is 66.7 Å². The van der Waals surface area contributed by atoms with E-state index in [1.807, 2.05) is 11.8 Å². The van der Waals surface area contributed by atoms with Crippen LogP contribution in [0.15, 0.2) is 13.7 Å². The van der Waals surface area contributed by atoms with Crippen LogP contribution in [-0.4, -0.2) is 33.7 Å². The van der Waals surface area contributed by atoms with Crippen molar-refractivity contribution in [2.24, 2.45) is 0 Å². The first-order valence-electron chi connectivity index (χ1n) is 6.85. The molecule has 0 fully saturated rings. The van der Waals surface area contributed by atoms with Gasteiger partial charge in [-0.1, -0.05) is 20.8 Å². The molecule has 1 aromatic rings. The summed E-state index contributed by atoms with van der Waals surface area (Å²) in [4.78, 5) is 14.7. The highest BCUT2D eigenvalue weighted by atomic mass is 79.9. The number of carbonyl (C=O) groups is 1. The molecule has 0 aromatic carbocycles. The molecule has 0 aliphatic rings. The lowest BCUT2D eigenvalue weighted by atomic mass is 10.2. The van der Waals surface area contributed by atoms with Crippen molar-refractivity contribution in [2.45, 2.75) is 46.1 Å². The third kappa shape index (κ3) is 4.07. The first-order chi connectivity index (χ1) is 9.47. The monoisotopic (exact) mass is 471 g/mol. The van der Waals surface area contributed by atoms with Crippen molar-refractivity contribution in [1.82, 2.24) is 14.7 Å². The molecular formula is C13H20Br3N3O. The minimum Gasteiger partial charge on any atom is -0.341 e. The van der Waals surface area contributed by atoms with Crippen LogP contribution in [0.25, 0.3) is 0 Å². The minimum absolute atomic E-state index is 0.138. The summed E-state index contributed by atoms with van der Waals surface area (Å²) in [5, 5.41) is 4.40. The summed E-state index contributed by atoms with van der Waals surface area (Å²) in [6, 6.07) is -0.273. The van der Waals surface area contributed by atoms with Crippen LogP contribution in [0.2, 0.25) is 0 Å². The van der Waals surface area contributed by atoms with Crippen LogP contribution in [0.4, 0.5) is 0 Å². The van der Waals surface area contributed by atoms with Crippen molar-refractivity contribution in [3.05, 3.63) is 13.7 Å². The Labute approximate surface area is 145 Å². The maximum absolute atomic E-state index is 12.7. The van der Waals surface area contributed by atoms with E-state index in [0.717, 1.165) is 35.0 Å². The molecule has 7 heteroatoms. The molecule has 0 aliphatic carbocycles. The van der Waals surface area contributed by atoms with Crippen LogP contribution < -0.4 is 0 Å². The lowest BCUT2D eigenvalue weighted by Crippen LogP contribution is -2.38. The van der Waals surface area contributed by atoms with Gasteiger partial charge in [-0.05, 0) is 67.1 Å². The summed E-state index contributed by atoms with van der Waals surface area (Å²) < 4.78 is 4.07. The number of halogens is 3. The Morgan fingerprint density at radius 2 is 1.75 bits per heavy atom. The highest BCUT2D eigenvalue weighted by molar-refractivity contribution is 9.14. The predicted octanol–water partition coefficient (Wildman–Crippen LogP) is 4.77. The van der Waals surface area contributed by atoms with Crippen LogP contribution >= 0.6 is 47.8 Å². The molecule has 0 aliphatic heterocycles. The second-order valence-electron chi connectivity index (χ2n) is 4.59. The Kier molecular flexibility index (Phi) is 7.75. The van der Waals surface area contributed by atoms with Gasteiger partial charge < -0.3 is 4.90 Å². The number of hydrogen-bond donors (Lipinski definition) is 0. The number of aromatic nitrogens is 2. The lowest BCUT2D eigenvalue weighted by molar-refractivity contribution is -0.135. The van der Waals surface area contributed by atoms with E-state index in [9.17, 15) is 4.79 Å². The van der Waals surface area contributed by atoms with Gasteiger partial charge in [-0.25, -0.2) is 4.68 Å². The summed E-state index contributed by atoms with van der Waals surface area (Å²) >= 11 is 10.3. The minimum atomic E-state index is -0.273. The van der Waals surface area contributed by atoms with E-state index in [0.29, 0.717) is 11.0 Å². The summed E-state index contributed by atoms with van der Waals surface area (Å²) in [6.45, 7) is 7.78. The fourth-order valence-electron chi connectivity index (χ4n) is 2.11.